The number of carbonyl (C=O) groups excluding carboxylic acids is 1. The van der Waals surface area contributed by atoms with Crippen molar-refractivity contribution >= 4 is 17.5 Å². The van der Waals surface area contributed by atoms with Gasteiger partial charge in [0.2, 0.25) is 5.91 Å². The smallest absolute Gasteiger partial charge is 0.220 e. The molecule has 0 spiro atoms. The Morgan fingerprint density at radius 1 is 1.44 bits per heavy atom. The zero-order valence-corrected chi connectivity index (χ0v) is 10.4. The van der Waals surface area contributed by atoms with Crippen LogP contribution in [0.25, 0.3) is 0 Å². The minimum Gasteiger partial charge on any atom is -0.369 e. The number of piperidine rings is 1. The van der Waals surface area contributed by atoms with Gasteiger partial charge in [0.1, 0.15) is 17.5 Å². The summed E-state index contributed by atoms with van der Waals surface area (Å²) in [5.74, 6) is 7.22. The second-order valence-corrected chi connectivity index (χ2v) is 4.47. The summed E-state index contributed by atoms with van der Waals surface area (Å²) in [6.45, 7) is 3.36. The molecule has 2 rings (SSSR count). The first kappa shape index (κ1) is 12.6. The van der Waals surface area contributed by atoms with E-state index in [1.807, 2.05) is 6.92 Å². The Morgan fingerprint density at radius 3 is 2.67 bits per heavy atom. The number of primary amides is 1. The third-order valence-electron chi connectivity index (χ3n) is 3.19. The highest BCUT2D eigenvalue weighted by molar-refractivity contribution is 5.77. The molecule has 0 radical (unpaired) electrons. The fraction of sp³-hybridized carbons (Fsp3) is 0.545. The van der Waals surface area contributed by atoms with Gasteiger partial charge in [-0.25, -0.2) is 15.8 Å². The van der Waals surface area contributed by atoms with E-state index in [4.69, 9.17) is 11.6 Å². The summed E-state index contributed by atoms with van der Waals surface area (Å²) in [6.07, 6.45) is 1.54. The van der Waals surface area contributed by atoms with Crippen molar-refractivity contribution in [2.75, 3.05) is 23.4 Å². The number of anilines is 2. The van der Waals surface area contributed by atoms with Gasteiger partial charge in [-0.15, -0.1) is 0 Å². The Labute approximate surface area is 106 Å². The molecule has 0 bridgehead atoms. The van der Waals surface area contributed by atoms with E-state index in [1.54, 1.807) is 6.07 Å². The highest BCUT2D eigenvalue weighted by atomic mass is 16.1. The van der Waals surface area contributed by atoms with E-state index < -0.39 is 0 Å². The summed E-state index contributed by atoms with van der Waals surface area (Å²) in [5, 5.41) is 0. The molecule has 1 saturated heterocycles. The fourth-order valence-corrected chi connectivity index (χ4v) is 2.18. The van der Waals surface area contributed by atoms with Crippen molar-refractivity contribution in [2.24, 2.45) is 17.5 Å². The molecule has 0 aromatic carbocycles. The van der Waals surface area contributed by atoms with Crippen molar-refractivity contribution in [1.29, 1.82) is 0 Å². The Balaban J connectivity index is 2.09. The molecule has 1 fully saturated rings. The Bertz CT molecular complexity index is 441. The van der Waals surface area contributed by atoms with Gasteiger partial charge in [-0.3, -0.25) is 4.79 Å². The van der Waals surface area contributed by atoms with Gasteiger partial charge in [0.15, 0.2) is 0 Å². The van der Waals surface area contributed by atoms with Gasteiger partial charge >= 0.3 is 0 Å². The number of hydrogen-bond acceptors (Lipinski definition) is 6. The van der Waals surface area contributed by atoms with Crippen LogP contribution in [0.3, 0.4) is 0 Å². The van der Waals surface area contributed by atoms with Gasteiger partial charge in [-0.2, -0.15) is 0 Å². The van der Waals surface area contributed by atoms with Crippen LogP contribution >= 0.6 is 0 Å². The molecule has 1 aliphatic rings. The molecule has 98 valence electrons. The summed E-state index contributed by atoms with van der Waals surface area (Å²) < 4.78 is 0. The number of nitrogens with two attached hydrogens (primary N) is 2. The van der Waals surface area contributed by atoms with Crippen LogP contribution < -0.4 is 21.9 Å². The molecule has 0 atom stereocenters. The van der Waals surface area contributed by atoms with Crippen molar-refractivity contribution in [3.8, 4) is 0 Å². The lowest BCUT2D eigenvalue weighted by Crippen LogP contribution is -2.39. The first-order valence-electron chi connectivity index (χ1n) is 5.96. The number of amides is 1. The van der Waals surface area contributed by atoms with Gasteiger partial charge in [0, 0.05) is 25.1 Å². The summed E-state index contributed by atoms with van der Waals surface area (Å²) >= 11 is 0. The van der Waals surface area contributed by atoms with Crippen LogP contribution in [0.15, 0.2) is 6.07 Å². The second-order valence-electron chi connectivity index (χ2n) is 4.47. The number of hydrazine groups is 1. The summed E-state index contributed by atoms with van der Waals surface area (Å²) in [7, 11) is 0. The van der Waals surface area contributed by atoms with E-state index in [-0.39, 0.29) is 11.8 Å². The van der Waals surface area contributed by atoms with E-state index in [0.29, 0.717) is 11.6 Å². The standard InChI is InChI=1S/C11H18N6O/c1-7-14-9(16-13)6-10(15-7)17-4-2-8(3-5-17)11(12)18/h6,8H,2-5,13H2,1H3,(H2,12,18)(H,14,15,16). The minimum atomic E-state index is -0.210. The lowest BCUT2D eigenvalue weighted by Gasteiger charge is -2.31. The molecular weight excluding hydrogens is 232 g/mol. The number of nitrogens with zero attached hydrogens (tertiary/aromatic N) is 3. The number of nitrogen functional groups attached to an aromatic ring is 1. The maximum absolute atomic E-state index is 11.1. The highest BCUT2D eigenvalue weighted by Crippen LogP contribution is 2.23. The number of nitrogens with one attached hydrogen (secondary N) is 1. The molecule has 7 heteroatoms. The molecule has 0 aliphatic carbocycles. The maximum atomic E-state index is 11.1. The fourth-order valence-electron chi connectivity index (χ4n) is 2.18. The molecule has 1 amide bonds. The summed E-state index contributed by atoms with van der Waals surface area (Å²) in [6, 6.07) is 1.80. The molecule has 7 nitrogen and oxygen atoms in total. The van der Waals surface area contributed by atoms with Gasteiger partial charge < -0.3 is 16.1 Å². The van der Waals surface area contributed by atoms with Crippen LogP contribution in [0.1, 0.15) is 18.7 Å². The minimum absolute atomic E-state index is 0.0173. The number of carbonyl (C=O) groups is 1. The monoisotopic (exact) mass is 250 g/mol. The zero-order chi connectivity index (χ0) is 13.1. The Hall–Kier alpha value is -1.89. The molecule has 18 heavy (non-hydrogen) atoms. The average Bonchev–Trinajstić information content (AvgIpc) is 2.38. The van der Waals surface area contributed by atoms with E-state index in [2.05, 4.69) is 20.3 Å². The quantitative estimate of drug-likeness (QED) is 0.505. The topological polar surface area (TPSA) is 110 Å². The molecule has 5 N–H and O–H groups in total. The van der Waals surface area contributed by atoms with Gasteiger partial charge in [-0.1, -0.05) is 0 Å². The summed E-state index contributed by atoms with van der Waals surface area (Å²) in [4.78, 5) is 21.7. The van der Waals surface area contributed by atoms with Crippen LogP contribution in [-0.2, 0) is 4.79 Å². The maximum Gasteiger partial charge on any atom is 0.220 e. The molecule has 2 heterocycles. The van der Waals surface area contributed by atoms with Gasteiger partial charge in [0.25, 0.3) is 0 Å². The van der Waals surface area contributed by atoms with E-state index >= 15 is 0 Å². The number of rotatable bonds is 3. The lowest BCUT2D eigenvalue weighted by atomic mass is 9.96. The van der Waals surface area contributed by atoms with Crippen LogP contribution in [-0.4, -0.2) is 29.0 Å². The third-order valence-corrected chi connectivity index (χ3v) is 3.19. The van der Waals surface area contributed by atoms with Crippen LogP contribution in [0.4, 0.5) is 11.6 Å². The van der Waals surface area contributed by atoms with Crippen LogP contribution in [0.5, 0.6) is 0 Å². The highest BCUT2D eigenvalue weighted by Gasteiger charge is 2.24. The van der Waals surface area contributed by atoms with Crippen molar-refractivity contribution in [2.45, 2.75) is 19.8 Å². The van der Waals surface area contributed by atoms with E-state index in [0.717, 1.165) is 31.7 Å². The number of aromatic nitrogens is 2. The number of hydrogen-bond donors (Lipinski definition) is 3. The lowest BCUT2D eigenvalue weighted by molar-refractivity contribution is -0.122. The third kappa shape index (κ3) is 2.67. The Kier molecular flexibility index (Phi) is 3.61. The first-order chi connectivity index (χ1) is 8.60. The first-order valence-corrected chi connectivity index (χ1v) is 5.96. The second kappa shape index (κ2) is 5.18. The molecule has 1 aromatic rings. The van der Waals surface area contributed by atoms with Gasteiger partial charge in [-0.05, 0) is 19.8 Å². The predicted octanol–water partition coefficient (Wildman–Crippen LogP) is -0.228. The molecule has 0 unspecified atom stereocenters. The summed E-state index contributed by atoms with van der Waals surface area (Å²) in [5.41, 5.74) is 7.83. The van der Waals surface area contributed by atoms with Crippen LogP contribution in [0, 0.1) is 12.8 Å². The van der Waals surface area contributed by atoms with Gasteiger partial charge in [0.05, 0.1) is 0 Å². The van der Waals surface area contributed by atoms with Crippen molar-refractivity contribution in [3.63, 3.8) is 0 Å². The normalized spacial score (nSPS) is 16.7. The molecular formula is C11H18N6O. The van der Waals surface area contributed by atoms with Crippen molar-refractivity contribution in [1.82, 2.24) is 9.97 Å². The zero-order valence-electron chi connectivity index (χ0n) is 10.4. The predicted molar refractivity (Wildman–Crippen MR) is 68.7 cm³/mol. The number of aryl methyl sites for hydroxylation is 1. The molecule has 1 aliphatic heterocycles. The van der Waals surface area contributed by atoms with E-state index in [1.165, 1.54) is 0 Å². The van der Waals surface area contributed by atoms with Crippen molar-refractivity contribution < 1.29 is 4.79 Å². The Morgan fingerprint density at radius 2 is 2.11 bits per heavy atom. The molecule has 0 saturated carbocycles. The average molecular weight is 250 g/mol. The molecule has 1 aromatic heterocycles. The van der Waals surface area contributed by atoms with Crippen molar-refractivity contribution in [3.05, 3.63) is 11.9 Å². The largest absolute Gasteiger partial charge is 0.369 e. The van der Waals surface area contributed by atoms with Crippen LogP contribution in [0.2, 0.25) is 0 Å². The van der Waals surface area contributed by atoms with E-state index in [9.17, 15) is 4.79 Å². The SMILES string of the molecule is Cc1nc(NN)cc(N2CCC(C(N)=O)CC2)n1.